The molecule has 0 amide bonds. The molecule has 4 nitrogen and oxygen atoms in total. The minimum absolute atomic E-state index is 0.359. The van der Waals surface area contributed by atoms with E-state index < -0.39 is 11.9 Å². The van der Waals surface area contributed by atoms with Crippen LogP contribution in [-0.2, 0) is 9.47 Å². The monoisotopic (exact) mass is 278 g/mol. The van der Waals surface area contributed by atoms with Gasteiger partial charge in [-0.25, -0.2) is 9.59 Å². The maximum Gasteiger partial charge on any atom is 0.346 e. The molecule has 1 aliphatic rings. The number of rotatable bonds is 6. The zero-order chi connectivity index (χ0) is 14.8. The molecule has 4 heteroatoms. The zero-order valence-corrected chi connectivity index (χ0v) is 12.2. The van der Waals surface area contributed by atoms with Gasteiger partial charge < -0.3 is 9.47 Å². The quantitative estimate of drug-likeness (QED) is 0.453. The molecule has 2 rings (SSSR count). The second-order valence-electron chi connectivity index (χ2n) is 4.54. The topological polar surface area (TPSA) is 52.6 Å². The average Bonchev–Trinajstić information content (AvgIpc) is 2.75. The predicted molar refractivity (Wildman–Crippen MR) is 76.8 cm³/mol. The Morgan fingerprint density at radius 1 is 0.900 bits per heavy atom. The number of carbonyl (C=O) groups excluding carboxylic acids is 2. The van der Waals surface area contributed by atoms with Gasteiger partial charge in [-0.05, 0) is 25.0 Å². The van der Waals surface area contributed by atoms with E-state index >= 15 is 0 Å². The molecular weight excluding hydrogens is 256 g/mol. The van der Waals surface area contributed by atoms with Gasteiger partial charge >= 0.3 is 11.9 Å². The maximum absolute atomic E-state index is 10.8. The lowest BCUT2D eigenvalue weighted by Gasteiger charge is -1.99. The van der Waals surface area contributed by atoms with E-state index in [0.717, 1.165) is 13.2 Å². The van der Waals surface area contributed by atoms with Gasteiger partial charge in [-0.1, -0.05) is 38.8 Å². The van der Waals surface area contributed by atoms with Crippen molar-refractivity contribution in [3.05, 3.63) is 35.4 Å². The molecule has 1 aromatic carbocycles. The van der Waals surface area contributed by atoms with Crippen molar-refractivity contribution in [2.45, 2.75) is 39.5 Å². The Labute approximate surface area is 120 Å². The van der Waals surface area contributed by atoms with Gasteiger partial charge in [0.25, 0.3) is 0 Å². The summed E-state index contributed by atoms with van der Waals surface area (Å²) in [6, 6.07) is 6.53. The fourth-order valence-electron chi connectivity index (χ4n) is 1.63. The fraction of sp³-hybridized carbons (Fsp3) is 0.500. The van der Waals surface area contributed by atoms with E-state index in [9.17, 15) is 9.59 Å². The minimum atomic E-state index is -0.550. The highest BCUT2D eigenvalue weighted by molar-refractivity contribution is 6.14. The van der Waals surface area contributed by atoms with Crippen LogP contribution >= 0.6 is 0 Å². The smallest absolute Gasteiger partial charge is 0.346 e. The van der Waals surface area contributed by atoms with E-state index in [1.165, 1.54) is 25.7 Å². The summed E-state index contributed by atoms with van der Waals surface area (Å²) >= 11 is 0. The Bertz CT molecular complexity index is 401. The van der Waals surface area contributed by atoms with E-state index in [0.29, 0.717) is 11.1 Å². The van der Waals surface area contributed by atoms with Crippen molar-refractivity contribution in [3.8, 4) is 0 Å². The molecule has 1 aromatic rings. The Kier molecular flexibility index (Phi) is 7.58. The van der Waals surface area contributed by atoms with Gasteiger partial charge in [-0.15, -0.1) is 0 Å². The summed E-state index contributed by atoms with van der Waals surface area (Å²) < 4.78 is 9.67. The Morgan fingerprint density at radius 2 is 1.35 bits per heavy atom. The van der Waals surface area contributed by atoms with E-state index in [2.05, 4.69) is 18.6 Å². The van der Waals surface area contributed by atoms with Gasteiger partial charge in [0.05, 0.1) is 11.1 Å². The molecule has 0 fully saturated rings. The molecule has 0 aromatic heterocycles. The first kappa shape index (κ1) is 16.4. The van der Waals surface area contributed by atoms with Crippen LogP contribution in [0.1, 0.15) is 60.2 Å². The summed E-state index contributed by atoms with van der Waals surface area (Å²) in [6.45, 7) is 6.28. The van der Waals surface area contributed by atoms with Gasteiger partial charge in [0.2, 0.25) is 0 Å². The van der Waals surface area contributed by atoms with Crippen molar-refractivity contribution < 1.29 is 19.1 Å². The molecule has 0 radical (unpaired) electrons. The Hall–Kier alpha value is -1.68. The first-order chi connectivity index (χ1) is 9.70. The highest BCUT2D eigenvalue weighted by Crippen LogP contribution is 2.18. The number of carbonyl (C=O) groups is 2. The van der Waals surface area contributed by atoms with Crippen LogP contribution in [0.3, 0.4) is 0 Å². The van der Waals surface area contributed by atoms with Crippen LogP contribution in [0.5, 0.6) is 0 Å². The average molecular weight is 278 g/mol. The maximum atomic E-state index is 10.8. The second kappa shape index (κ2) is 9.26. The lowest BCUT2D eigenvalue weighted by Crippen LogP contribution is -1.96. The molecule has 0 spiro atoms. The summed E-state index contributed by atoms with van der Waals surface area (Å²) in [7, 11) is 0. The normalized spacial score (nSPS) is 12.5. The van der Waals surface area contributed by atoms with Crippen LogP contribution in [0, 0.1) is 0 Å². The van der Waals surface area contributed by atoms with Crippen molar-refractivity contribution in [2.24, 2.45) is 0 Å². The van der Waals surface area contributed by atoms with E-state index in [4.69, 9.17) is 4.74 Å². The summed E-state index contributed by atoms with van der Waals surface area (Å²) in [6.07, 6.45) is 4.91. The summed E-state index contributed by atoms with van der Waals surface area (Å²) in [5, 5.41) is 0. The minimum Gasteiger partial charge on any atom is -0.386 e. The number of hydrogen-bond acceptors (Lipinski definition) is 4. The van der Waals surface area contributed by atoms with Crippen molar-refractivity contribution in [1.82, 2.24) is 0 Å². The van der Waals surface area contributed by atoms with Crippen molar-refractivity contribution in [2.75, 3.05) is 13.2 Å². The Morgan fingerprint density at radius 3 is 1.75 bits per heavy atom. The number of unbranched alkanes of at least 4 members (excludes halogenated alkanes) is 2. The van der Waals surface area contributed by atoms with Gasteiger partial charge in [-0.3, -0.25) is 0 Å². The van der Waals surface area contributed by atoms with E-state index in [1.807, 2.05) is 0 Å². The number of cyclic esters (lactones) is 2. The number of esters is 2. The molecule has 0 saturated heterocycles. The fourth-order valence-corrected chi connectivity index (χ4v) is 1.63. The third-order valence-electron chi connectivity index (χ3n) is 2.84. The van der Waals surface area contributed by atoms with Crippen LogP contribution in [0.15, 0.2) is 24.3 Å². The molecule has 20 heavy (non-hydrogen) atoms. The third-order valence-corrected chi connectivity index (χ3v) is 2.84. The highest BCUT2D eigenvalue weighted by atomic mass is 16.6. The number of hydrogen-bond donors (Lipinski definition) is 0. The largest absolute Gasteiger partial charge is 0.386 e. The van der Waals surface area contributed by atoms with Crippen LogP contribution in [0.4, 0.5) is 0 Å². The second-order valence-corrected chi connectivity index (χ2v) is 4.54. The zero-order valence-electron chi connectivity index (χ0n) is 12.2. The number of ether oxygens (including phenoxy) is 2. The third kappa shape index (κ3) is 5.13. The molecule has 0 atom stereocenters. The molecule has 0 bridgehead atoms. The molecular formula is C16H22O4. The first-order valence-electron chi connectivity index (χ1n) is 7.14. The molecule has 0 saturated carbocycles. The lowest BCUT2D eigenvalue weighted by atomic mass is 10.1. The number of benzene rings is 1. The van der Waals surface area contributed by atoms with Gasteiger partial charge in [0, 0.05) is 13.2 Å². The van der Waals surface area contributed by atoms with E-state index in [1.54, 1.807) is 24.3 Å². The molecule has 110 valence electrons. The predicted octanol–water partition coefficient (Wildman–Crippen LogP) is 3.60. The van der Waals surface area contributed by atoms with Gasteiger partial charge in [-0.2, -0.15) is 0 Å². The lowest BCUT2D eigenvalue weighted by molar-refractivity contribution is 0.0444. The van der Waals surface area contributed by atoms with Crippen LogP contribution in [0.25, 0.3) is 0 Å². The summed E-state index contributed by atoms with van der Waals surface area (Å²) in [5.41, 5.74) is 0.718. The van der Waals surface area contributed by atoms with E-state index in [-0.39, 0.29) is 0 Å². The van der Waals surface area contributed by atoms with Crippen LogP contribution in [-0.4, -0.2) is 25.2 Å². The molecule has 0 N–H and O–H groups in total. The first-order valence-corrected chi connectivity index (χ1v) is 7.14. The molecule has 0 unspecified atom stereocenters. The summed E-state index contributed by atoms with van der Waals surface area (Å²) in [5.74, 6) is -1.10. The van der Waals surface area contributed by atoms with Crippen LogP contribution in [0.2, 0.25) is 0 Å². The standard InChI is InChI=1S/C8H4O3.C8H18O/c9-7-5-3-1-2-4-6(5)8(10)11-7;1-3-5-7-9-8-6-4-2/h1-4H;3-8H2,1-2H3. The SMILES string of the molecule is CCCCOCCCC.O=C1OC(=O)c2ccccc21. The van der Waals surface area contributed by atoms with Crippen molar-refractivity contribution in [1.29, 1.82) is 0 Å². The Balaban J connectivity index is 0.000000206. The van der Waals surface area contributed by atoms with Gasteiger partial charge in [0.1, 0.15) is 0 Å². The van der Waals surface area contributed by atoms with Crippen molar-refractivity contribution in [3.63, 3.8) is 0 Å². The highest BCUT2D eigenvalue weighted by Gasteiger charge is 2.28. The molecule has 1 aliphatic heterocycles. The van der Waals surface area contributed by atoms with Crippen molar-refractivity contribution >= 4 is 11.9 Å². The van der Waals surface area contributed by atoms with Crippen LogP contribution < -0.4 is 0 Å². The molecule has 0 aliphatic carbocycles. The number of fused-ring (bicyclic) bond motifs is 1. The van der Waals surface area contributed by atoms with Gasteiger partial charge in [0.15, 0.2) is 0 Å². The summed E-state index contributed by atoms with van der Waals surface area (Å²) in [4.78, 5) is 21.7. The molecule has 1 heterocycles.